The summed E-state index contributed by atoms with van der Waals surface area (Å²) in [5.41, 5.74) is 1.49. The first-order valence-electron chi connectivity index (χ1n) is 6.71. The lowest BCUT2D eigenvalue weighted by molar-refractivity contribution is -0.139. The van der Waals surface area contributed by atoms with Gasteiger partial charge in [0.15, 0.2) is 0 Å². The van der Waals surface area contributed by atoms with E-state index in [1.54, 1.807) is 12.1 Å². The maximum atomic E-state index is 12.1. The van der Waals surface area contributed by atoms with Gasteiger partial charge in [-0.15, -0.1) is 0 Å². The Morgan fingerprint density at radius 1 is 1.26 bits per heavy atom. The van der Waals surface area contributed by atoms with Gasteiger partial charge in [-0.3, -0.25) is 4.79 Å². The summed E-state index contributed by atoms with van der Waals surface area (Å²) in [7, 11) is 0. The molecule has 0 aliphatic rings. The van der Waals surface area contributed by atoms with Gasteiger partial charge in [-0.05, 0) is 24.5 Å². The Labute approximate surface area is 113 Å². The number of unbranched alkanes of at least 4 members (excludes halogenated alkanes) is 1. The molecular formula is C15H21NO3. The van der Waals surface area contributed by atoms with Crippen LogP contribution in [0.25, 0.3) is 0 Å². The van der Waals surface area contributed by atoms with Gasteiger partial charge in [0, 0.05) is 5.56 Å². The van der Waals surface area contributed by atoms with Crippen LogP contribution in [-0.2, 0) is 11.2 Å². The maximum Gasteiger partial charge on any atom is 0.326 e. The van der Waals surface area contributed by atoms with Gasteiger partial charge in [-0.2, -0.15) is 0 Å². The summed E-state index contributed by atoms with van der Waals surface area (Å²) in [6.45, 7) is 3.96. The molecule has 0 aliphatic heterocycles. The number of aliphatic carboxylic acids is 1. The van der Waals surface area contributed by atoms with Crippen LogP contribution in [0, 0.1) is 0 Å². The van der Waals surface area contributed by atoms with Gasteiger partial charge in [0.1, 0.15) is 6.04 Å². The standard InChI is InChI=1S/C15H21NO3/c1-3-5-10-13(15(18)19)16-14(17)12-9-7-6-8-11(12)4-2/h6-9,13H,3-5,10H2,1-2H3,(H,16,17)(H,18,19). The van der Waals surface area contributed by atoms with Crippen LogP contribution in [0.5, 0.6) is 0 Å². The van der Waals surface area contributed by atoms with Crippen molar-refractivity contribution in [1.29, 1.82) is 0 Å². The molecule has 0 fully saturated rings. The second kappa shape index (κ2) is 7.56. The fourth-order valence-electron chi connectivity index (χ4n) is 1.95. The Balaban J connectivity index is 2.78. The fraction of sp³-hybridized carbons (Fsp3) is 0.467. The van der Waals surface area contributed by atoms with Gasteiger partial charge in [-0.25, -0.2) is 4.79 Å². The molecule has 0 spiro atoms. The molecule has 0 aromatic heterocycles. The highest BCUT2D eigenvalue weighted by molar-refractivity contribution is 5.97. The average Bonchev–Trinajstić information content (AvgIpc) is 2.42. The summed E-state index contributed by atoms with van der Waals surface area (Å²) >= 11 is 0. The lowest BCUT2D eigenvalue weighted by atomic mass is 10.0. The van der Waals surface area contributed by atoms with Crippen molar-refractivity contribution >= 4 is 11.9 Å². The molecule has 19 heavy (non-hydrogen) atoms. The second-order valence-electron chi connectivity index (χ2n) is 4.52. The number of carbonyl (C=O) groups excluding carboxylic acids is 1. The number of aryl methyl sites for hydroxylation is 1. The van der Waals surface area contributed by atoms with Crippen molar-refractivity contribution in [3.63, 3.8) is 0 Å². The largest absolute Gasteiger partial charge is 0.480 e. The van der Waals surface area contributed by atoms with Gasteiger partial charge in [-0.1, -0.05) is 44.9 Å². The first-order chi connectivity index (χ1) is 9.10. The molecule has 2 N–H and O–H groups in total. The third kappa shape index (κ3) is 4.39. The molecule has 1 rings (SSSR count). The first kappa shape index (κ1) is 15.2. The Morgan fingerprint density at radius 3 is 2.53 bits per heavy atom. The second-order valence-corrected chi connectivity index (χ2v) is 4.52. The van der Waals surface area contributed by atoms with E-state index in [0.29, 0.717) is 12.0 Å². The summed E-state index contributed by atoms with van der Waals surface area (Å²) in [4.78, 5) is 23.2. The number of nitrogens with one attached hydrogen (secondary N) is 1. The number of carboxylic acids is 1. The summed E-state index contributed by atoms with van der Waals surface area (Å²) in [6, 6.07) is 6.47. The predicted molar refractivity (Wildman–Crippen MR) is 74.2 cm³/mol. The molecule has 1 aromatic rings. The zero-order valence-corrected chi connectivity index (χ0v) is 11.5. The van der Waals surface area contributed by atoms with E-state index in [9.17, 15) is 9.59 Å². The van der Waals surface area contributed by atoms with Crippen LogP contribution in [0.15, 0.2) is 24.3 Å². The highest BCUT2D eigenvalue weighted by atomic mass is 16.4. The van der Waals surface area contributed by atoms with Gasteiger partial charge < -0.3 is 10.4 Å². The highest BCUT2D eigenvalue weighted by Crippen LogP contribution is 2.10. The number of carboxylic acid groups (broad SMARTS) is 1. The molecule has 0 saturated carbocycles. The van der Waals surface area contributed by atoms with Crippen molar-refractivity contribution in [3.8, 4) is 0 Å². The van der Waals surface area contributed by atoms with Crippen LogP contribution in [0.2, 0.25) is 0 Å². The Hall–Kier alpha value is -1.84. The van der Waals surface area contributed by atoms with Crippen molar-refractivity contribution in [3.05, 3.63) is 35.4 Å². The van der Waals surface area contributed by atoms with Crippen molar-refractivity contribution in [2.45, 2.75) is 45.6 Å². The predicted octanol–water partition coefficient (Wildman–Crippen LogP) is 2.62. The summed E-state index contributed by atoms with van der Waals surface area (Å²) in [5.74, 6) is -1.28. The van der Waals surface area contributed by atoms with E-state index < -0.39 is 12.0 Å². The average molecular weight is 263 g/mol. The molecule has 104 valence electrons. The molecule has 4 heteroatoms. The molecule has 0 bridgehead atoms. The minimum atomic E-state index is -0.976. The maximum absolute atomic E-state index is 12.1. The molecule has 0 aliphatic carbocycles. The summed E-state index contributed by atoms with van der Waals surface area (Å²) in [5, 5.41) is 11.7. The highest BCUT2D eigenvalue weighted by Gasteiger charge is 2.20. The number of hydrogen-bond donors (Lipinski definition) is 2. The van der Waals surface area contributed by atoms with Crippen molar-refractivity contribution in [2.24, 2.45) is 0 Å². The van der Waals surface area contributed by atoms with Crippen LogP contribution in [0.3, 0.4) is 0 Å². The molecule has 1 amide bonds. The van der Waals surface area contributed by atoms with Crippen molar-refractivity contribution in [2.75, 3.05) is 0 Å². The Kier molecular flexibility index (Phi) is 6.06. The third-order valence-corrected chi connectivity index (χ3v) is 3.09. The number of benzene rings is 1. The Bertz CT molecular complexity index is 443. The SMILES string of the molecule is CCCCC(NC(=O)c1ccccc1CC)C(=O)O. The first-order valence-corrected chi connectivity index (χ1v) is 6.71. The summed E-state index contributed by atoms with van der Waals surface area (Å²) in [6.07, 6.45) is 2.90. The van der Waals surface area contributed by atoms with Crippen LogP contribution >= 0.6 is 0 Å². The lowest BCUT2D eigenvalue weighted by Crippen LogP contribution is -2.41. The van der Waals surface area contributed by atoms with Crippen LogP contribution in [-0.4, -0.2) is 23.0 Å². The van der Waals surface area contributed by atoms with E-state index >= 15 is 0 Å². The van der Waals surface area contributed by atoms with E-state index in [1.807, 2.05) is 26.0 Å². The van der Waals surface area contributed by atoms with Crippen LogP contribution < -0.4 is 5.32 Å². The molecule has 1 atom stereocenters. The van der Waals surface area contributed by atoms with Crippen molar-refractivity contribution in [1.82, 2.24) is 5.32 Å². The van der Waals surface area contributed by atoms with Crippen LogP contribution in [0.1, 0.15) is 49.0 Å². The number of carbonyl (C=O) groups is 2. The number of rotatable bonds is 7. The molecule has 0 radical (unpaired) electrons. The van der Waals surface area contributed by atoms with E-state index in [0.717, 1.165) is 24.8 Å². The molecule has 4 nitrogen and oxygen atoms in total. The zero-order chi connectivity index (χ0) is 14.3. The van der Waals surface area contributed by atoms with E-state index in [1.165, 1.54) is 0 Å². The lowest BCUT2D eigenvalue weighted by Gasteiger charge is -2.15. The molecular weight excluding hydrogens is 242 g/mol. The minimum Gasteiger partial charge on any atom is -0.480 e. The zero-order valence-electron chi connectivity index (χ0n) is 11.5. The van der Waals surface area contributed by atoms with Gasteiger partial charge >= 0.3 is 5.97 Å². The van der Waals surface area contributed by atoms with Crippen molar-refractivity contribution < 1.29 is 14.7 Å². The summed E-state index contributed by atoms with van der Waals surface area (Å²) < 4.78 is 0. The van der Waals surface area contributed by atoms with E-state index in [-0.39, 0.29) is 5.91 Å². The number of amides is 1. The van der Waals surface area contributed by atoms with E-state index in [2.05, 4.69) is 5.32 Å². The topological polar surface area (TPSA) is 66.4 Å². The normalized spacial score (nSPS) is 11.9. The molecule has 1 unspecified atom stereocenters. The quantitative estimate of drug-likeness (QED) is 0.794. The van der Waals surface area contributed by atoms with Gasteiger partial charge in [0.2, 0.25) is 0 Å². The molecule has 1 aromatic carbocycles. The monoisotopic (exact) mass is 263 g/mol. The van der Waals surface area contributed by atoms with Gasteiger partial charge in [0.05, 0.1) is 0 Å². The third-order valence-electron chi connectivity index (χ3n) is 3.09. The number of hydrogen-bond acceptors (Lipinski definition) is 2. The van der Waals surface area contributed by atoms with E-state index in [4.69, 9.17) is 5.11 Å². The molecule has 0 saturated heterocycles. The fourth-order valence-corrected chi connectivity index (χ4v) is 1.95. The van der Waals surface area contributed by atoms with Crippen LogP contribution in [0.4, 0.5) is 0 Å². The minimum absolute atomic E-state index is 0.305. The Morgan fingerprint density at radius 2 is 1.95 bits per heavy atom. The van der Waals surface area contributed by atoms with Gasteiger partial charge in [0.25, 0.3) is 5.91 Å². The smallest absolute Gasteiger partial charge is 0.326 e. The molecule has 0 heterocycles.